The molecule has 3 rings (SSSR count). The Kier molecular flexibility index (Phi) is 4.64. The van der Waals surface area contributed by atoms with E-state index in [-0.39, 0.29) is 11.6 Å². The number of nitrogens with zero attached hydrogens (tertiary/aromatic N) is 1. The van der Waals surface area contributed by atoms with Crippen molar-refractivity contribution in [2.45, 2.75) is 31.6 Å². The highest BCUT2D eigenvalue weighted by Crippen LogP contribution is 2.40. The molecule has 6 nitrogen and oxygen atoms in total. The lowest BCUT2D eigenvalue weighted by Crippen LogP contribution is -2.23. The summed E-state index contributed by atoms with van der Waals surface area (Å²) >= 11 is 0. The van der Waals surface area contributed by atoms with Crippen LogP contribution in [0.3, 0.4) is 0 Å². The van der Waals surface area contributed by atoms with E-state index in [4.69, 9.17) is 0 Å². The van der Waals surface area contributed by atoms with Crippen LogP contribution in [0, 0.1) is 5.92 Å². The molecule has 0 bridgehead atoms. The summed E-state index contributed by atoms with van der Waals surface area (Å²) in [5.74, 6) is -0.908. The summed E-state index contributed by atoms with van der Waals surface area (Å²) in [5.41, 5.74) is -0.0245. The number of H-pyrrole nitrogens is 1. The number of hydrogen-bond donors (Lipinski definition) is 2. The molecule has 0 spiro atoms. The number of ether oxygens (including phenoxy) is 1. The fourth-order valence-corrected chi connectivity index (χ4v) is 3.48. The van der Waals surface area contributed by atoms with Gasteiger partial charge < -0.3 is 14.8 Å². The monoisotopic (exact) mass is 328 g/mol. The number of aromatic amines is 1. The van der Waals surface area contributed by atoms with Crippen molar-refractivity contribution in [3.8, 4) is 5.75 Å². The fourth-order valence-electron chi connectivity index (χ4n) is 3.48. The van der Waals surface area contributed by atoms with Crippen molar-refractivity contribution >= 4 is 5.97 Å². The Morgan fingerprint density at radius 3 is 2.58 bits per heavy atom. The zero-order valence-corrected chi connectivity index (χ0v) is 13.5. The predicted molar refractivity (Wildman–Crippen MR) is 88.1 cm³/mol. The average molecular weight is 328 g/mol. The highest BCUT2D eigenvalue weighted by Gasteiger charge is 2.31. The Hall–Kier alpha value is -2.63. The molecule has 2 N–H and O–H groups in total. The van der Waals surface area contributed by atoms with Crippen molar-refractivity contribution in [1.29, 1.82) is 0 Å². The van der Waals surface area contributed by atoms with E-state index < -0.39 is 17.3 Å². The van der Waals surface area contributed by atoms with Gasteiger partial charge in [-0.1, -0.05) is 43.2 Å². The van der Waals surface area contributed by atoms with E-state index in [2.05, 4.69) is 14.7 Å². The Balaban J connectivity index is 2.13. The van der Waals surface area contributed by atoms with Crippen LogP contribution in [0.5, 0.6) is 5.75 Å². The van der Waals surface area contributed by atoms with E-state index in [1.807, 2.05) is 30.3 Å². The maximum absolute atomic E-state index is 12.1. The van der Waals surface area contributed by atoms with Gasteiger partial charge in [0.2, 0.25) is 5.75 Å². The molecule has 0 radical (unpaired) electrons. The maximum atomic E-state index is 12.1. The van der Waals surface area contributed by atoms with Crippen LogP contribution in [0.1, 0.15) is 53.5 Å². The van der Waals surface area contributed by atoms with Gasteiger partial charge in [0.15, 0.2) is 5.69 Å². The van der Waals surface area contributed by atoms with Gasteiger partial charge in [0.25, 0.3) is 5.56 Å². The number of aromatic nitrogens is 2. The summed E-state index contributed by atoms with van der Waals surface area (Å²) in [4.78, 5) is 30.8. The van der Waals surface area contributed by atoms with E-state index in [0.29, 0.717) is 11.7 Å². The highest BCUT2D eigenvalue weighted by molar-refractivity contribution is 5.89. The zero-order valence-electron chi connectivity index (χ0n) is 13.5. The second-order valence-electron chi connectivity index (χ2n) is 6.07. The molecule has 0 amide bonds. The molecule has 1 fully saturated rings. The van der Waals surface area contributed by atoms with Gasteiger partial charge >= 0.3 is 5.97 Å². The van der Waals surface area contributed by atoms with E-state index in [1.54, 1.807) is 0 Å². The Labute approximate surface area is 139 Å². The average Bonchev–Trinajstić information content (AvgIpc) is 3.12. The van der Waals surface area contributed by atoms with Crippen molar-refractivity contribution in [3.63, 3.8) is 0 Å². The highest BCUT2D eigenvalue weighted by atomic mass is 16.5. The van der Waals surface area contributed by atoms with Crippen LogP contribution in [0.2, 0.25) is 0 Å². The number of hydrogen-bond acceptors (Lipinski definition) is 5. The number of carbonyl (C=O) groups is 1. The third-order valence-corrected chi connectivity index (χ3v) is 4.62. The Morgan fingerprint density at radius 2 is 1.96 bits per heavy atom. The first kappa shape index (κ1) is 16.2. The smallest absolute Gasteiger partial charge is 0.360 e. The van der Waals surface area contributed by atoms with Crippen LogP contribution in [0.15, 0.2) is 35.1 Å². The number of methoxy groups -OCH3 is 1. The fraction of sp³-hybridized carbons (Fsp3) is 0.389. The lowest BCUT2D eigenvalue weighted by Gasteiger charge is -2.23. The second kappa shape index (κ2) is 6.86. The van der Waals surface area contributed by atoms with Crippen LogP contribution in [0.25, 0.3) is 0 Å². The lowest BCUT2D eigenvalue weighted by atomic mass is 9.84. The largest absolute Gasteiger partial charge is 0.501 e. The van der Waals surface area contributed by atoms with Gasteiger partial charge in [-0.3, -0.25) is 4.79 Å². The van der Waals surface area contributed by atoms with E-state index in [0.717, 1.165) is 31.2 Å². The van der Waals surface area contributed by atoms with Gasteiger partial charge in [-0.2, -0.15) is 0 Å². The van der Waals surface area contributed by atoms with Crippen molar-refractivity contribution < 1.29 is 14.6 Å². The van der Waals surface area contributed by atoms with Gasteiger partial charge in [-0.05, 0) is 24.3 Å². The first-order valence-electron chi connectivity index (χ1n) is 8.08. The molecule has 1 aromatic heterocycles. The standard InChI is InChI=1S/C18H20N2O4/c1-24-18(23)14-15(21)17(22)20-16(19-14)13(12-9-5-6-10-12)11-7-3-2-4-8-11/h2-4,7-8,12-13,21H,5-6,9-10H2,1H3,(H,19,20,22). The van der Waals surface area contributed by atoms with Gasteiger partial charge in [0, 0.05) is 5.92 Å². The summed E-state index contributed by atoms with van der Waals surface area (Å²) in [6.07, 6.45) is 4.36. The first-order valence-corrected chi connectivity index (χ1v) is 8.08. The van der Waals surface area contributed by atoms with Gasteiger partial charge in [0.05, 0.1) is 7.11 Å². The molecular formula is C18H20N2O4. The van der Waals surface area contributed by atoms with Crippen LogP contribution in [-0.2, 0) is 4.74 Å². The molecule has 1 aliphatic carbocycles. The molecule has 1 atom stereocenters. The summed E-state index contributed by atoms with van der Waals surface area (Å²) in [5, 5.41) is 9.83. The molecule has 0 saturated heterocycles. The molecule has 1 saturated carbocycles. The summed E-state index contributed by atoms with van der Waals surface area (Å²) < 4.78 is 4.62. The minimum absolute atomic E-state index is 0.120. The molecule has 1 unspecified atom stereocenters. The maximum Gasteiger partial charge on any atom is 0.360 e. The third-order valence-electron chi connectivity index (χ3n) is 4.62. The molecule has 126 valence electrons. The van der Waals surface area contributed by atoms with Crippen LogP contribution < -0.4 is 5.56 Å². The first-order chi connectivity index (χ1) is 11.6. The number of carbonyl (C=O) groups excluding carboxylic acids is 1. The summed E-state index contributed by atoms with van der Waals surface area (Å²) in [6, 6.07) is 9.80. The van der Waals surface area contributed by atoms with Gasteiger partial charge in [-0.15, -0.1) is 0 Å². The Morgan fingerprint density at radius 1 is 1.29 bits per heavy atom. The predicted octanol–water partition coefficient (Wildman–Crippen LogP) is 2.58. The van der Waals surface area contributed by atoms with Crippen molar-refractivity contribution in [3.05, 3.63) is 57.8 Å². The normalized spacial score (nSPS) is 16.0. The molecule has 2 aromatic rings. The molecule has 6 heteroatoms. The van der Waals surface area contributed by atoms with Crippen molar-refractivity contribution in [2.75, 3.05) is 7.11 Å². The summed E-state index contributed by atoms with van der Waals surface area (Å²) in [7, 11) is 1.19. The van der Waals surface area contributed by atoms with Crippen LogP contribution in [-0.4, -0.2) is 28.2 Å². The topological polar surface area (TPSA) is 92.3 Å². The number of esters is 1. The van der Waals surface area contributed by atoms with Gasteiger partial charge in [-0.25, -0.2) is 9.78 Å². The Bertz CT molecular complexity index is 779. The molecule has 1 aromatic carbocycles. The minimum atomic E-state index is -0.821. The second-order valence-corrected chi connectivity index (χ2v) is 6.07. The molecular weight excluding hydrogens is 308 g/mol. The lowest BCUT2D eigenvalue weighted by molar-refractivity contribution is 0.0589. The number of nitrogens with one attached hydrogen (secondary N) is 1. The molecule has 1 aliphatic rings. The minimum Gasteiger partial charge on any atom is -0.501 e. The van der Waals surface area contributed by atoms with E-state index >= 15 is 0 Å². The molecule has 0 aliphatic heterocycles. The number of rotatable bonds is 4. The van der Waals surface area contributed by atoms with Crippen LogP contribution >= 0.6 is 0 Å². The quantitative estimate of drug-likeness (QED) is 0.842. The number of aromatic hydroxyl groups is 1. The SMILES string of the molecule is COC(=O)c1nc(C(c2ccccc2)C2CCCC2)[nH]c(=O)c1O. The number of benzene rings is 1. The van der Waals surface area contributed by atoms with E-state index in [1.165, 1.54) is 7.11 Å². The van der Waals surface area contributed by atoms with Crippen molar-refractivity contribution in [1.82, 2.24) is 9.97 Å². The van der Waals surface area contributed by atoms with E-state index in [9.17, 15) is 14.7 Å². The zero-order chi connectivity index (χ0) is 17.1. The summed E-state index contributed by atoms with van der Waals surface area (Å²) in [6.45, 7) is 0. The molecule has 24 heavy (non-hydrogen) atoms. The van der Waals surface area contributed by atoms with Crippen LogP contribution in [0.4, 0.5) is 0 Å². The third kappa shape index (κ3) is 3.04. The molecule has 1 heterocycles. The van der Waals surface area contributed by atoms with Gasteiger partial charge in [0.1, 0.15) is 5.82 Å². The van der Waals surface area contributed by atoms with Crippen molar-refractivity contribution in [2.24, 2.45) is 5.92 Å².